The van der Waals surface area contributed by atoms with Gasteiger partial charge in [0.1, 0.15) is 5.82 Å². The van der Waals surface area contributed by atoms with E-state index >= 15 is 0 Å². The molecule has 0 unspecified atom stereocenters. The molecule has 0 aliphatic carbocycles. The van der Waals surface area contributed by atoms with Gasteiger partial charge in [0, 0.05) is 24.8 Å². The molecule has 0 fully saturated rings. The van der Waals surface area contributed by atoms with Gasteiger partial charge in [0.25, 0.3) is 0 Å². The molecule has 1 aromatic carbocycles. The number of halogens is 4. The van der Waals surface area contributed by atoms with Crippen LogP contribution >= 0.6 is 0 Å². The Hall–Kier alpha value is -2.44. The summed E-state index contributed by atoms with van der Waals surface area (Å²) in [7, 11) is 0. The van der Waals surface area contributed by atoms with E-state index in [0.29, 0.717) is 18.7 Å². The molecular formula is C22H28F4N2O. The van der Waals surface area contributed by atoms with Gasteiger partial charge in [-0.25, -0.2) is 4.39 Å². The van der Waals surface area contributed by atoms with Crippen molar-refractivity contribution in [3.05, 3.63) is 58.7 Å². The van der Waals surface area contributed by atoms with Crippen LogP contribution in [0.5, 0.6) is 0 Å². The molecule has 1 aromatic heterocycles. The second-order valence-corrected chi connectivity index (χ2v) is 6.37. The molecule has 0 saturated carbocycles. The summed E-state index contributed by atoms with van der Waals surface area (Å²) in [4.78, 5) is 17.0. The number of aromatic nitrogens is 1. The van der Waals surface area contributed by atoms with Gasteiger partial charge < -0.3 is 4.90 Å². The highest BCUT2D eigenvalue weighted by molar-refractivity contribution is 5.95. The number of benzene rings is 1. The Morgan fingerprint density at radius 3 is 2.41 bits per heavy atom. The number of alkyl halides is 3. The number of nitrogens with zero attached hydrogens (tertiary/aromatic N) is 2. The quantitative estimate of drug-likeness (QED) is 0.518. The Labute approximate surface area is 169 Å². The Morgan fingerprint density at radius 1 is 1.21 bits per heavy atom. The third-order valence-corrected chi connectivity index (χ3v) is 4.38. The van der Waals surface area contributed by atoms with Gasteiger partial charge in [0.05, 0.1) is 11.3 Å². The summed E-state index contributed by atoms with van der Waals surface area (Å²) >= 11 is 0. The first kappa shape index (κ1) is 24.6. The van der Waals surface area contributed by atoms with E-state index in [-0.39, 0.29) is 11.6 Å². The molecule has 1 aliphatic heterocycles. The zero-order chi connectivity index (χ0) is 22.2. The summed E-state index contributed by atoms with van der Waals surface area (Å²) in [5, 5.41) is 0. The fourth-order valence-corrected chi connectivity index (χ4v) is 2.95. The largest absolute Gasteiger partial charge is 0.417 e. The lowest BCUT2D eigenvalue weighted by Gasteiger charge is -2.30. The van der Waals surface area contributed by atoms with Gasteiger partial charge in [-0.2, -0.15) is 13.2 Å². The van der Waals surface area contributed by atoms with E-state index in [1.807, 2.05) is 25.7 Å². The predicted octanol–water partition coefficient (Wildman–Crippen LogP) is 6.26. The maximum atomic E-state index is 12.5. The molecule has 2 heterocycles. The van der Waals surface area contributed by atoms with E-state index < -0.39 is 17.6 Å². The summed E-state index contributed by atoms with van der Waals surface area (Å²) in [5.74, 6) is -0.699. The van der Waals surface area contributed by atoms with Gasteiger partial charge in [-0.1, -0.05) is 39.0 Å². The number of amides is 1. The van der Waals surface area contributed by atoms with E-state index in [2.05, 4.69) is 30.1 Å². The molecule has 0 bridgehead atoms. The zero-order valence-corrected chi connectivity index (χ0v) is 17.5. The molecule has 3 nitrogen and oxygen atoms in total. The van der Waals surface area contributed by atoms with Gasteiger partial charge in [-0.15, -0.1) is 0 Å². The van der Waals surface area contributed by atoms with Crippen LogP contribution in [0.4, 0.5) is 23.2 Å². The van der Waals surface area contributed by atoms with Crippen LogP contribution in [0.15, 0.2) is 30.5 Å². The highest BCUT2D eigenvalue weighted by Crippen LogP contribution is 2.31. The molecule has 0 radical (unpaired) electrons. The first-order valence-electron chi connectivity index (χ1n) is 9.73. The molecule has 1 aliphatic rings. The van der Waals surface area contributed by atoms with Crippen LogP contribution in [-0.2, 0) is 17.4 Å². The Kier molecular flexibility index (Phi) is 9.27. The highest BCUT2D eigenvalue weighted by Gasteiger charge is 2.31. The van der Waals surface area contributed by atoms with E-state index in [0.717, 1.165) is 25.1 Å². The van der Waals surface area contributed by atoms with Crippen molar-refractivity contribution < 1.29 is 22.4 Å². The molecular weight excluding hydrogens is 384 g/mol. The van der Waals surface area contributed by atoms with Crippen LogP contribution in [0.2, 0.25) is 0 Å². The van der Waals surface area contributed by atoms with Crippen molar-refractivity contribution >= 4 is 11.6 Å². The standard InChI is InChI=1S/C13H17NO.C7H5F4N.C2H6/c1-3-12(15)14-9-5-8-11-7-4-6-10(2)13(11)14;1-4-6(8)2-5(3-12-4)7(9,10)11;1-2/h4,6-7H,3,5,8-9H2,1-2H3;2-3H,1H3;1-2H3. The molecule has 0 atom stereocenters. The number of hydrogen-bond donors (Lipinski definition) is 0. The minimum absolute atomic E-state index is 0.0389. The number of carbonyl (C=O) groups excluding carboxylic acids is 1. The van der Waals surface area contributed by atoms with E-state index in [4.69, 9.17) is 0 Å². The molecule has 0 saturated heterocycles. The average molecular weight is 412 g/mol. The van der Waals surface area contributed by atoms with Crippen molar-refractivity contribution in [1.82, 2.24) is 4.98 Å². The van der Waals surface area contributed by atoms with Crippen LogP contribution in [-0.4, -0.2) is 17.4 Å². The molecule has 1 amide bonds. The van der Waals surface area contributed by atoms with Crippen molar-refractivity contribution in [1.29, 1.82) is 0 Å². The molecule has 7 heteroatoms. The summed E-state index contributed by atoms with van der Waals surface area (Å²) in [6.45, 7) is 10.2. The summed E-state index contributed by atoms with van der Waals surface area (Å²) in [6, 6.07) is 6.73. The van der Waals surface area contributed by atoms with Crippen LogP contribution in [0.3, 0.4) is 0 Å². The van der Waals surface area contributed by atoms with E-state index in [1.165, 1.54) is 18.1 Å². The minimum Gasteiger partial charge on any atom is -0.312 e. The lowest BCUT2D eigenvalue weighted by atomic mass is 9.98. The minimum atomic E-state index is -4.53. The average Bonchev–Trinajstić information content (AvgIpc) is 2.70. The second kappa shape index (κ2) is 10.9. The summed E-state index contributed by atoms with van der Waals surface area (Å²) in [6.07, 6.45) is -1.14. The molecule has 29 heavy (non-hydrogen) atoms. The summed E-state index contributed by atoms with van der Waals surface area (Å²) in [5.41, 5.74) is 2.60. The first-order chi connectivity index (χ1) is 13.6. The number of anilines is 1. The van der Waals surface area contributed by atoms with Gasteiger partial charge in [-0.3, -0.25) is 9.78 Å². The Balaban J connectivity index is 0.000000273. The summed E-state index contributed by atoms with van der Waals surface area (Å²) < 4.78 is 48.2. The van der Waals surface area contributed by atoms with Gasteiger partial charge in [0.15, 0.2) is 0 Å². The van der Waals surface area contributed by atoms with Crippen molar-refractivity contribution in [2.75, 3.05) is 11.4 Å². The van der Waals surface area contributed by atoms with Gasteiger partial charge in [-0.05, 0) is 43.9 Å². The third kappa shape index (κ3) is 6.54. The first-order valence-corrected chi connectivity index (χ1v) is 9.73. The van der Waals surface area contributed by atoms with Crippen molar-refractivity contribution in [3.8, 4) is 0 Å². The number of rotatable bonds is 1. The maximum Gasteiger partial charge on any atom is 0.417 e. The topological polar surface area (TPSA) is 33.2 Å². The fraction of sp³-hybridized carbons (Fsp3) is 0.455. The van der Waals surface area contributed by atoms with Crippen LogP contribution < -0.4 is 4.90 Å². The monoisotopic (exact) mass is 412 g/mol. The van der Waals surface area contributed by atoms with Gasteiger partial charge in [0.2, 0.25) is 5.91 Å². The number of hydrogen-bond acceptors (Lipinski definition) is 2. The SMILES string of the molecule is CC.CCC(=O)N1CCCc2cccc(C)c21.Cc1ncc(C(F)(F)F)cc1F. The third-order valence-electron chi connectivity index (χ3n) is 4.38. The smallest absolute Gasteiger partial charge is 0.312 e. The van der Waals surface area contributed by atoms with Crippen molar-refractivity contribution in [2.45, 2.75) is 60.1 Å². The highest BCUT2D eigenvalue weighted by atomic mass is 19.4. The Bertz CT molecular complexity index is 819. The lowest BCUT2D eigenvalue weighted by molar-refractivity contribution is -0.138. The maximum absolute atomic E-state index is 12.5. The lowest BCUT2D eigenvalue weighted by Crippen LogP contribution is -2.35. The molecule has 2 aromatic rings. The van der Waals surface area contributed by atoms with Crippen molar-refractivity contribution in [2.24, 2.45) is 0 Å². The van der Waals surface area contributed by atoms with Crippen molar-refractivity contribution in [3.63, 3.8) is 0 Å². The Morgan fingerprint density at radius 2 is 1.86 bits per heavy atom. The number of para-hydroxylation sites is 1. The molecule has 160 valence electrons. The van der Waals surface area contributed by atoms with Gasteiger partial charge >= 0.3 is 6.18 Å². The van der Waals surface area contributed by atoms with E-state index in [9.17, 15) is 22.4 Å². The van der Waals surface area contributed by atoms with Crippen LogP contribution in [0.25, 0.3) is 0 Å². The predicted molar refractivity (Wildman–Crippen MR) is 107 cm³/mol. The molecule has 0 N–H and O–H groups in total. The number of aryl methyl sites for hydroxylation is 3. The second-order valence-electron chi connectivity index (χ2n) is 6.37. The molecule has 0 spiro atoms. The fourth-order valence-electron chi connectivity index (χ4n) is 2.95. The van der Waals surface area contributed by atoms with Crippen LogP contribution in [0.1, 0.15) is 56.0 Å². The molecule has 3 rings (SSSR count). The zero-order valence-electron chi connectivity index (χ0n) is 17.5. The number of pyridine rings is 1. The normalized spacial score (nSPS) is 12.8. The number of carbonyl (C=O) groups is 1. The number of fused-ring (bicyclic) bond motifs is 1. The van der Waals surface area contributed by atoms with E-state index in [1.54, 1.807) is 0 Å². The van der Waals surface area contributed by atoms with Crippen LogP contribution in [0, 0.1) is 19.7 Å².